The second-order valence-corrected chi connectivity index (χ2v) is 11.0. The Hall–Kier alpha value is -1.32. The molecule has 11 heteroatoms. The summed E-state index contributed by atoms with van der Waals surface area (Å²) < 4.78 is 43.8. The second-order valence-electron chi connectivity index (χ2n) is 9.42. The Labute approximate surface area is 182 Å². The molecule has 31 heavy (non-hydrogen) atoms. The van der Waals surface area contributed by atoms with Crippen LogP contribution in [0.1, 0.15) is 60.3 Å². The van der Waals surface area contributed by atoms with Gasteiger partial charge in [-0.25, -0.2) is 9.09 Å². The Morgan fingerprint density at radius 3 is 2.48 bits per heavy atom. The molecule has 2 fully saturated rings. The van der Waals surface area contributed by atoms with Crippen LogP contribution < -0.4 is 0 Å². The van der Waals surface area contributed by atoms with Crippen LogP contribution in [0.15, 0.2) is 0 Å². The van der Waals surface area contributed by atoms with Crippen molar-refractivity contribution in [1.29, 1.82) is 0 Å². The zero-order chi connectivity index (χ0) is 23.3. The van der Waals surface area contributed by atoms with Gasteiger partial charge in [-0.15, -0.1) is 0 Å². The van der Waals surface area contributed by atoms with Gasteiger partial charge in [0.15, 0.2) is 5.78 Å². The largest absolute Gasteiger partial charge is 0.478 e. The molecule has 2 aliphatic rings. The third-order valence-electron chi connectivity index (χ3n) is 4.83. The number of phosphoric ester groups is 1. The Bertz CT molecular complexity index is 705. The molecule has 0 N–H and O–H groups in total. The quantitative estimate of drug-likeness (QED) is 0.285. The summed E-state index contributed by atoms with van der Waals surface area (Å²) in [6.45, 7) is 8.79. The molecule has 0 spiro atoms. The molecule has 0 radical (unpaired) electrons. The number of hydrogen-bond donors (Lipinski definition) is 0. The molecule has 3 atom stereocenters. The molecule has 2 unspecified atom stereocenters. The van der Waals surface area contributed by atoms with Crippen molar-refractivity contribution in [1.82, 2.24) is 0 Å². The van der Waals surface area contributed by atoms with Crippen LogP contribution in [0.3, 0.4) is 0 Å². The normalized spacial score (nSPS) is 28.2. The molecule has 0 aromatic rings. The molecule has 2 heterocycles. The minimum Gasteiger partial charge on any atom is -0.460 e. The van der Waals surface area contributed by atoms with Gasteiger partial charge >= 0.3 is 19.8 Å². The van der Waals surface area contributed by atoms with Crippen molar-refractivity contribution < 1.29 is 46.7 Å². The number of hydrogen-bond acceptors (Lipinski definition) is 10. The summed E-state index contributed by atoms with van der Waals surface area (Å²) in [6, 6.07) is 0. The maximum Gasteiger partial charge on any atom is 0.478 e. The maximum absolute atomic E-state index is 12.7. The monoisotopic (exact) mass is 464 g/mol. The summed E-state index contributed by atoms with van der Waals surface area (Å²) in [5.41, 5.74) is -1.50. The smallest absolute Gasteiger partial charge is 0.460 e. The van der Waals surface area contributed by atoms with Gasteiger partial charge in [-0.2, -0.15) is 0 Å². The van der Waals surface area contributed by atoms with Crippen molar-refractivity contribution in [3.63, 3.8) is 0 Å². The van der Waals surface area contributed by atoms with E-state index in [0.29, 0.717) is 19.6 Å². The summed E-state index contributed by atoms with van der Waals surface area (Å²) in [5, 5.41) is 0. The first kappa shape index (κ1) is 25.9. The number of Topliss-reactive ketones (excluding diaryl/α,β-unsaturated/α-hetero) is 1. The van der Waals surface area contributed by atoms with Crippen LogP contribution in [0.4, 0.5) is 0 Å². The second kappa shape index (κ2) is 10.5. The highest BCUT2D eigenvalue weighted by Gasteiger charge is 2.48. The summed E-state index contributed by atoms with van der Waals surface area (Å²) in [6.07, 6.45) is -0.196. The molecule has 0 aromatic carbocycles. The zero-order valence-electron chi connectivity index (χ0n) is 18.8. The Kier molecular flexibility index (Phi) is 8.81. The average Bonchev–Trinajstić information content (AvgIpc) is 3.16. The van der Waals surface area contributed by atoms with Crippen LogP contribution in [0.2, 0.25) is 0 Å². The fraction of sp³-hybridized carbons (Fsp3) is 0.850. The molecular formula is C20H33O10P. The average molecular weight is 464 g/mol. The van der Waals surface area contributed by atoms with E-state index in [2.05, 4.69) is 0 Å². The number of esters is 2. The van der Waals surface area contributed by atoms with Crippen LogP contribution in [-0.4, -0.2) is 56.5 Å². The van der Waals surface area contributed by atoms with E-state index in [1.165, 1.54) is 0 Å². The predicted molar refractivity (Wildman–Crippen MR) is 108 cm³/mol. The van der Waals surface area contributed by atoms with Crippen molar-refractivity contribution in [3.8, 4) is 0 Å². The SMILES string of the molecule is CC(C)(C)C(=O)OCOP1(=O)OCC(C)(C)[C@H](C(=O)CCCC(=O)OC2CCOC2)O1. The van der Waals surface area contributed by atoms with Gasteiger partial charge in [0.05, 0.1) is 25.2 Å². The highest BCUT2D eigenvalue weighted by Crippen LogP contribution is 2.57. The van der Waals surface area contributed by atoms with Gasteiger partial charge < -0.3 is 14.2 Å². The molecular weight excluding hydrogens is 431 g/mol. The van der Waals surface area contributed by atoms with E-state index in [-0.39, 0.29) is 43.7 Å². The van der Waals surface area contributed by atoms with Crippen molar-refractivity contribution in [2.45, 2.75) is 72.5 Å². The van der Waals surface area contributed by atoms with E-state index in [1.54, 1.807) is 34.6 Å². The van der Waals surface area contributed by atoms with Gasteiger partial charge in [0.2, 0.25) is 6.79 Å². The summed E-state index contributed by atoms with van der Waals surface area (Å²) >= 11 is 0. The van der Waals surface area contributed by atoms with E-state index in [4.69, 9.17) is 27.8 Å². The topological polar surface area (TPSA) is 124 Å². The predicted octanol–water partition coefficient (Wildman–Crippen LogP) is 3.17. The summed E-state index contributed by atoms with van der Waals surface area (Å²) in [5.74, 6) is -1.24. The van der Waals surface area contributed by atoms with Crippen LogP contribution in [0.25, 0.3) is 0 Å². The number of rotatable bonds is 9. The van der Waals surface area contributed by atoms with Gasteiger partial charge in [-0.3, -0.25) is 23.4 Å². The number of ether oxygens (including phenoxy) is 3. The Morgan fingerprint density at radius 2 is 1.87 bits per heavy atom. The van der Waals surface area contributed by atoms with Crippen LogP contribution >= 0.6 is 7.82 Å². The van der Waals surface area contributed by atoms with Crippen molar-refractivity contribution >= 4 is 25.5 Å². The highest BCUT2D eigenvalue weighted by molar-refractivity contribution is 7.48. The Balaban J connectivity index is 1.83. The van der Waals surface area contributed by atoms with Gasteiger partial charge in [0.25, 0.3) is 0 Å². The number of carbonyl (C=O) groups excluding carboxylic acids is 3. The molecule has 2 aliphatic heterocycles. The molecule has 0 amide bonds. The summed E-state index contributed by atoms with van der Waals surface area (Å²) in [7, 11) is -4.09. The third kappa shape index (κ3) is 7.95. The van der Waals surface area contributed by atoms with Gasteiger partial charge in [-0.05, 0) is 27.2 Å². The lowest BCUT2D eigenvalue weighted by Gasteiger charge is -2.39. The lowest BCUT2D eigenvalue weighted by Crippen LogP contribution is -2.45. The first-order valence-electron chi connectivity index (χ1n) is 10.4. The van der Waals surface area contributed by atoms with Crippen LogP contribution in [0.5, 0.6) is 0 Å². The molecule has 0 aliphatic carbocycles. The van der Waals surface area contributed by atoms with E-state index >= 15 is 0 Å². The minimum absolute atomic E-state index is 0.0440. The van der Waals surface area contributed by atoms with Gasteiger partial charge in [0, 0.05) is 24.7 Å². The van der Waals surface area contributed by atoms with Crippen molar-refractivity contribution in [3.05, 3.63) is 0 Å². The zero-order valence-corrected chi connectivity index (χ0v) is 19.7. The van der Waals surface area contributed by atoms with E-state index in [9.17, 15) is 18.9 Å². The van der Waals surface area contributed by atoms with Crippen LogP contribution in [-0.2, 0) is 46.7 Å². The Morgan fingerprint density at radius 1 is 1.16 bits per heavy atom. The first-order chi connectivity index (χ1) is 14.3. The molecule has 2 rings (SSSR count). The fourth-order valence-corrected chi connectivity index (χ4v) is 4.47. The number of carbonyl (C=O) groups is 3. The van der Waals surface area contributed by atoms with Crippen LogP contribution in [0, 0.1) is 10.8 Å². The van der Waals surface area contributed by atoms with Crippen molar-refractivity contribution in [2.75, 3.05) is 26.6 Å². The lowest BCUT2D eigenvalue weighted by atomic mass is 9.84. The van der Waals surface area contributed by atoms with E-state index in [1.807, 2.05) is 0 Å². The summed E-state index contributed by atoms with van der Waals surface area (Å²) in [4.78, 5) is 36.4. The molecule has 178 valence electrons. The molecule has 0 bridgehead atoms. The molecule has 10 nitrogen and oxygen atoms in total. The molecule has 0 saturated carbocycles. The first-order valence-corrected chi connectivity index (χ1v) is 11.8. The number of ketones is 1. The lowest BCUT2D eigenvalue weighted by molar-refractivity contribution is -0.163. The van der Waals surface area contributed by atoms with Gasteiger partial charge in [-0.1, -0.05) is 13.8 Å². The van der Waals surface area contributed by atoms with Gasteiger partial charge in [0.1, 0.15) is 12.2 Å². The highest BCUT2D eigenvalue weighted by atomic mass is 31.2. The van der Waals surface area contributed by atoms with Crippen molar-refractivity contribution in [2.24, 2.45) is 10.8 Å². The minimum atomic E-state index is -4.09. The van der Waals surface area contributed by atoms with E-state index in [0.717, 1.165) is 0 Å². The molecule has 0 aromatic heterocycles. The maximum atomic E-state index is 12.7. The fourth-order valence-electron chi connectivity index (χ4n) is 2.94. The standard InChI is InChI=1S/C20H33O10P/c1-19(2,3)18(23)26-13-28-31(24)27-12-20(4,5)17(30-31)15(21)7-6-8-16(22)29-14-9-10-25-11-14/h14,17H,6-13H2,1-5H3/t14?,17-,31?/m0/s1. The third-order valence-corrected chi connectivity index (χ3v) is 6.17. The van der Waals surface area contributed by atoms with E-state index < -0.39 is 37.5 Å². The molecule has 2 saturated heterocycles. The number of phosphoric acid groups is 1.